The van der Waals surface area contributed by atoms with Crippen molar-refractivity contribution in [1.82, 2.24) is 14.7 Å². The number of amides is 3. The number of aromatic nitrogens is 2. The van der Waals surface area contributed by atoms with E-state index in [2.05, 4.69) is 15.7 Å². The molecule has 0 saturated heterocycles. The molecule has 8 nitrogen and oxygen atoms in total. The minimum absolute atomic E-state index is 0.138. The number of nitrogens with one attached hydrogen (secondary N) is 2. The van der Waals surface area contributed by atoms with Crippen LogP contribution in [0.5, 0.6) is 5.75 Å². The van der Waals surface area contributed by atoms with Crippen LogP contribution >= 0.6 is 0 Å². The summed E-state index contributed by atoms with van der Waals surface area (Å²) in [6.07, 6.45) is 0. The van der Waals surface area contributed by atoms with Gasteiger partial charge in [-0.05, 0) is 54.4 Å². The van der Waals surface area contributed by atoms with Crippen molar-refractivity contribution < 1.29 is 18.7 Å². The number of nitrogens with zero attached hydrogens (tertiary/aromatic N) is 3. The molecule has 0 fully saturated rings. The number of methoxy groups -OCH3 is 1. The van der Waals surface area contributed by atoms with Gasteiger partial charge in [0.2, 0.25) is 5.91 Å². The molecule has 0 atom stereocenters. The Morgan fingerprint density at radius 1 is 0.974 bits per heavy atom. The quantitative estimate of drug-likeness (QED) is 0.294. The Morgan fingerprint density at radius 3 is 2.29 bits per heavy atom. The first-order chi connectivity index (χ1) is 18.3. The Kier molecular flexibility index (Phi) is 8.37. The fourth-order valence-corrected chi connectivity index (χ4v) is 3.89. The highest BCUT2D eigenvalue weighted by molar-refractivity contribution is 5.97. The second kappa shape index (κ2) is 12.1. The van der Waals surface area contributed by atoms with E-state index in [9.17, 15) is 14.0 Å². The first-order valence-electron chi connectivity index (χ1n) is 12.2. The van der Waals surface area contributed by atoms with E-state index in [0.29, 0.717) is 35.2 Å². The predicted molar refractivity (Wildman–Crippen MR) is 146 cm³/mol. The molecule has 0 spiro atoms. The molecule has 0 aliphatic heterocycles. The number of halogens is 1. The van der Waals surface area contributed by atoms with Crippen molar-refractivity contribution in [2.45, 2.75) is 13.8 Å². The van der Waals surface area contributed by atoms with E-state index in [1.54, 1.807) is 54.3 Å². The van der Waals surface area contributed by atoms with Crippen molar-refractivity contribution in [3.63, 3.8) is 0 Å². The molecule has 3 amide bonds. The number of ether oxygens (including phenoxy) is 1. The molecule has 196 valence electrons. The summed E-state index contributed by atoms with van der Waals surface area (Å²) in [5, 5.41) is 10.4. The zero-order valence-corrected chi connectivity index (χ0v) is 21.5. The molecule has 0 aliphatic rings. The summed E-state index contributed by atoms with van der Waals surface area (Å²) >= 11 is 0. The molecular formula is C29H30FN5O3. The first kappa shape index (κ1) is 26.4. The van der Waals surface area contributed by atoms with Crippen LogP contribution in [-0.2, 0) is 4.79 Å². The molecule has 4 aromatic rings. The SMILES string of the molecule is COc1ccc(NC(=O)N(CC(=O)Nc2cc(-c3ccccc3)nn2-c2ccc(F)cc2)CC(C)C)cc1. The molecule has 3 aromatic carbocycles. The van der Waals surface area contributed by atoms with E-state index in [0.717, 1.165) is 5.56 Å². The fourth-order valence-electron chi connectivity index (χ4n) is 3.89. The van der Waals surface area contributed by atoms with Gasteiger partial charge in [-0.2, -0.15) is 5.10 Å². The van der Waals surface area contributed by atoms with Gasteiger partial charge in [-0.3, -0.25) is 4.79 Å². The third-order valence-corrected chi connectivity index (χ3v) is 5.67. The fraction of sp³-hybridized carbons (Fsp3) is 0.207. The molecule has 0 saturated carbocycles. The van der Waals surface area contributed by atoms with Crippen LogP contribution in [0.15, 0.2) is 84.9 Å². The summed E-state index contributed by atoms with van der Waals surface area (Å²) in [5.74, 6) is 0.453. The third kappa shape index (κ3) is 6.76. The molecule has 2 N–H and O–H groups in total. The van der Waals surface area contributed by atoms with E-state index in [4.69, 9.17) is 4.74 Å². The van der Waals surface area contributed by atoms with Gasteiger partial charge in [0.1, 0.15) is 23.9 Å². The van der Waals surface area contributed by atoms with Gasteiger partial charge in [-0.1, -0.05) is 44.2 Å². The summed E-state index contributed by atoms with van der Waals surface area (Å²) in [5.41, 5.74) is 2.68. The van der Waals surface area contributed by atoms with Crippen LogP contribution in [0.1, 0.15) is 13.8 Å². The molecule has 4 rings (SSSR count). The van der Waals surface area contributed by atoms with Gasteiger partial charge in [0.25, 0.3) is 0 Å². The van der Waals surface area contributed by atoms with E-state index < -0.39 is 11.9 Å². The highest BCUT2D eigenvalue weighted by atomic mass is 19.1. The Hall–Kier alpha value is -4.66. The molecule has 1 aromatic heterocycles. The van der Waals surface area contributed by atoms with Crippen molar-refractivity contribution >= 4 is 23.4 Å². The Balaban J connectivity index is 1.54. The summed E-state index contributed by atoms with van der Waals surface area (Å²) in [6, 6.07) is 23.7. The topological polar surface area (TPSA) is 88.5 Å². The van der Waals surface area contributed by atoms with Gasteiger partial charge >= 0.3 is 6.03 Å². The smallest absolute Gasteiger partial charge is 0.322 e. The lowest BCUT2D eigenvalue weighted by Crippen LogP contribution is -2.42. The first-order valence-corrected chi connectivity index (χ1v) is 12.2. The van der Waals surface area contributed by atoms with Crippen LogP contribution in [0, 0.1) is 11.7 Å². The number of hydrogen-bond donors (Lipinski definition) is 2. The van der Waals surface area contributed by atoms with Gasteiger partial charge in [0.15, 0.2) is 0 Å². The van der Waals surface area contributed by atoms with Crippen molar-refractivity contribution in [2.75, 3.05) is 30.8 Å². The molecule has 9 heteroatoms. The zero-order chi connectivity index (χ0) is 27.1. The minimum atomic E-state index is -0.393. The lowest BCUT2D eigenvalue weighted by molar-refractivity contribution is -0.116. The maximum Gasteiger partial charge on any atom is 0.322 e. The van der Waals surface area contributed by atoms with Crippen LogP contribution in [0.25, 0.3) is 16.9 Å². The number of carbonyl (C=O) groups is 2. The molecule has 38 heavy (non-hydrogen) atoms. The lowest BCUT2D eigenvalue weighted by atomic mass is 10.1. The van der Waals surface area contributed by atoms with Gasteiger partial charge < -0.3 is 20.3 Å². The highest BCUT2D eigenvalue weighted by Gasteiger charge is 2.21. The van der Waals surface area contributed by atoms with Crippen LogP contribution in [0.2, 0.25) is 0 Å². The van der Waals surface area contributed by atoms with Crippen molar-refractivity contribution in [1.29, 1.82) is 0 Å². The summed E-state index contributed by atoms with van der Waals surface area (Å²) in [7, 11) is 1.57. The second-order valence-electron chi connectivity index (χ2n) is 9.15. The zero-order valence-electron chi connectivity index (χ0n) is 21.5. The van der Waals surface area contributed by atoms with Crippen LogP contribution in [-0.4, -0.2) is 46.8 Å². The summed E-state index contributed by atoms with van der Waals surface area (Å²) in [6.45, 7) is 4.15. The largest absolute Gasteiger partial charge is 0.497 e. The minimum Gasteiger partial charge on any atom is -0.497 e. The summed E-state index contributed by atoms with van der Waals surface area (Å²) in [4.78, 5) is 27.7. The third-order valence-electron chi connectivity index (χ3n) is 5.67. The number of carbonyl (C=O) groups excluding carboxylic acids is 2. The van der Waals surface area contributed by atoms with Gasteiger partial charge in [-0.25, -0.2) is 13.9 Å². The van der Waals surface area contributed by atoms with Crippen LogP contribution < -0.4 is 15.4 Å². The molecule has 0 bridgehead atoms. The predicted octanol–water partition coefficient (Wildman–Crippen LogP) is 5.82. The number of hydrogen-bond acceptors (Lipinski definition) is 4. The maximum absolute atomic E-state index is 13.6. The molecular weight excluding hydrogens is 485 g/mol. The van der Waals surface area contributed by atoms with Gasteiger partial charge in [0.05, 0.1) is 18.5 Å². The van der Waals surface area contributed by atoms with E-state index in [-0.39, 0.29) is 18.3 Å². The summed E-state index contributed by atoms with van der Waals surface area (Å²) < 4.78 is 20.3. The molecule has 0 radical (unpaired) electrons. The maximum atomic E-state index is 13.6. The highest BCUT2D eigenvalue weighted by Crippen LogP contribution is 2.25. The Bertz CT molecular complexity index is 1370. The molecule has 1 heterocycles. The van der Waals surface area contributed by atoms with E-state index >= 15 is 0 Å². The average Bonchev–Trinajstić information content (AvgIpc) is 3.33. The standard InChI is InChI=1S/C29H30FN5O3/c1-20(2)18-34(29(37)31-23-11-15-25(38-3)16-12-23)19-28(36)32-27-17-26(21-7-5-4-6-8-21)33-35(27)24-13-9-22(30)10-14-24/h4-17,20H,18-19H2,1-3H3,(H,31,37)(H,32,36). The monoisotopic (exact) mass is 515 g/mol. The second-order valence-corrected chi connectivity index (χ2v) is 9.15. The van der Waals surface area contributed by atoms with E-state index in [1.165, 1.54) is 17.0 Å². The number of anilines is 2. The van der Waals surface area contributed by atoms with Gasteiger partial charge in [0, 0.05) is 23.9 Å². The van der Waals surface area contributed by atoms with Gasteiger partial charge in [-0.15, -0.1) is 0 Å². The van der Waals surface area contributed by atoms with Crippen molar-refractivity contribution in [3.05, 3.63) is 90.7 Å². The Labute approximate surface area is 221 Å². The molecule has 0 unspecified atom stereocenters. The number of rotatable bonds is 9. The Morgan fingerprint density at radius 2 is 1.66 bits per heavy atom. The lowest BCUT2D eigenvalue weighted by Gasteiger charge is -2.24. The average molecular weight is 516 g/mol. The van der Waals surface area contributed by atoms with E-state index in [1.807, 2.05) is 44.2 Å². The van der Waals surface area contributed by atoms with Crippen LogP contribution in [0.3, 0.4) is 0 Å². The van der Waals surface area contributed by atoms with Crippen molar-refractivity contribution in [2.24, 2.45) is 5.92 Å². The van der Waals surface area contributed by atoms with Crippen LogP contribution in [0.4, 0.5) is 20.7 Å². The normalized spacial score (nSPS) is 10.8. The molecule has 0 aliphatic carbocycles. The number of benzene rings is 3. The number of urea groups is 1. The van der Waals surface area contributed by atoms with Crippen molar-refractivity contribution in [3.8, 4) is 22.7 Å².